The molecule has 1 aliphatic carbocycles. The Morgan fingerprint density at radius 1 is 1.00 bits per heavy atom. The van der Waals surface area contributed by atoms with E-state index in [1.165, 1.54) is 13.0 Å². The van der Waals surface area contributed by atoms with Gasteiger partial charge in [0.1, 0.15) is 0 Å². The highest BCUT2D eigenvalue weighted by molar-refractivity contribution is 6.08. The minimum Gasteiger partial charge on any atom is -0.474 e. The summed E-state index contributed by atoms with van der Waals surface area (Å²) in [4.78, 5) is 26.1. The van der Waals surface area contributed by atoms with Crippen molar-refractivity contribution in [1.29, 1.82) is 0 Å². The van der Waals surface area contributed by atoms with Crippen LogP contribution in [0.3, 0.4) is 0 Å². The van der Waals surface area contributed by atoms with Crippen LogP contribution in [0.1, 0.15) is 35.1 Å². The summed E-state index contributed by atoms with van der Waals surface area (Å²) in [5.74, 6) is -1.53. The molecule has 0 unspecified atom stereocenters. The number of hydrogen-bond donors (Lipinski definition) is 1. The van der Waals surface area contributed by atoms with E-state index in [0.29, 0.717) is 23.5 Å². The number of hydrogen-bond acceptors (Lipinski definition) is 3. The molecule has 36 heavy (non-hydrogen) atoms. The molecule has 0 saturated carbocycles. The molecular formula is C25H18F6N2O3. The highest BCUT2D eigenvalue weighted by Crippen LogP contribution is 2.43. The van der Waals surface area contributed by atoms with Gasteiger partial charge in [-0.25, -0.2) is 0 Å². The number of nitrogens with zero attached hydrogens (tertiary/aromatic N) is 1. The third-order valence-electron chi connectivity index (χ3n) is 6.53. The van der Waals surface area contributed by atoms with Gasteiger partial charge in [0.25, 0.3) is 11.8 Å². The summed E-state index contributed by atoms with van der Waals surface area (Å²) in [6.07, 6.45) is -8.47. The van der Waals surface area contributed by atoms with Gasteiger partial charge in [-0.2, -0.15) is 26.3 Å². The Kier molecular flexibility index (Phi) is 5.42. The lowest BCUT2D eigenvalue weighted by molar-refractivity contribution is -0.143. The summed E-state index contributed by atoms with van der Waals surface area (Å²) in [6.45, 7) is 1.37. The minimum atomic E-state index is -5.08. The summed E-state index contributed by atoms with van der Waals surface area (Å²) >= 11 is 0. The molecule has 2 heterocycles. The van der Waals surface area contributed by atoms with Crippen molar-refractivity contribution in [2.75, 3.05) is 4.90 Å². The zero-order chi connectivity index (χ0) is 26.0. The van der Waals surface area contributed by atoms with Crippen molar-refractivity contribution in [2.45, 2.75) is 43.9 Å². The number of nitrogens with one attached hydrogen (secondary N) is 1. The average molecular weight is 508 g/mol. The lowest BCUT2D eigenvalue weighted by atomic mass is 9.94. The van der Waals surface area contributed by atoms with Crippen LogP contribution >= 0.6 is 0 Å². The molecule has 188 valence electrons. The molecule has 2 aromatic rings. The van der Waals surface area contributed by atoms with Gasteiger partial charge in [-0.1, -0.05) is 24.3 Å². The van der Waals surface area contributed by atoms with Gasteiger partial charge in [-0.15, -0.1) is 0 Å². The predicted molar refractivity (Wildman–Crippen MR) is 115 cm³/mol. The first-order chi connectivity index (χ1) is 16.8. The van der Waals surface area contributed by atoms with E-state index in [1.807, 2.05) is 24.3 Å². The Bertz CT molecular complexity index is 1300. The van der Waals surface area contributed by atoms with Crippen LogP contribution in [0.4, 0.5) is 32.0 Å². The predicted octanol–water partition coefficient (Wildman–Crippen LogP) is 5.08. The van der Waals surface area contributed by atoms with Crippen LogP contribution in [-0.2, 0) is 33.1 Å². The van der Waals surface area contributed by atoms with Crippen LogP contribution in [0.25, 0.3) is 0 Å². The van der Waals surface area contributed by atoms with Crippen molar-refractivity contribution >= 4 is 17.5 Å². The Morgan fingerprint density at radius 2 is 1.64 bits per heavy atom. The van der Waals surface area contributed by atoms with Crippen molar-refractivity contribution < 1.29 is 40.7 Å². The molecule has 0 radical (unpaired) electrons. The first-order valence-corrected chi connectivity index (χ1v) is 10.9. The largest absolute Gasteiger partial charge is 0.474 e. The van der Waals surface area contributed by atoms with Crippen LogP contribution in [0.15, 0.2) is 65.9 Å². The molecule has 3 aliphatic rings. The Hall–Kier alpha value is -3.76. The summed E-state index contributed by atoms with van der Waals surface area (Å²) in [6, 6.07) is 8.25. The molecule has 2 amide bonds. The highest BCUT2D eigenvalue weighted by Gasteiger charge is 2.45. The van der Waals surface area contributed by atoms with Gasteiger partial charge < -0.3 is 10.1 Å². The first kappa shape index (κ1) is 24.0. The number of fused-ring (bicyclic) bond motifs is 3. The van der Waals surface area contributed by atoms with E-state index in [-0.39, 0.29) is 29.2 Å². The molecule has 1 saturated heterocycles. The van der Waals surface area contributed by atoms with Crippen LogP contribution in [-0.4, -0.2) is 24.1 Å². The van der Waals surface area contributed by atoms with Crippen LogP contribution in [0.5, 0.6) is 0 Å². The number of anilines is 1. The highest BCUT2D eigenvalue weighted by atomic mass is 19.4. The van der Waals surface area contributed by atoms with Gasteiger partial charge in [0, 0.05) is 23.2 Å². The fourth-order valence-corrected chi connectivity index (χ4v) is 4.88. The average Bonchev–Trinajstić information content (AvgIpc) is 3.39. The Balaban J connectivity index is 1.51. The molecule has 2 aliphatic heterocycles. The molecule has 1 N–H and O–H groups in total. The number of ether oxygens (including phenoxy) is 1. The van der Waals surface area contributed by atoms with Gasteiger partial charge in [-0.3, -0.25) is 14.5 Å². The van der Waals surface area contributed by atoms with Gasteiger partial charge in [0.15, 0.2) is 6.23 Å². The van der Waals surface area contributed by atoms with E-state index in [2.05, 4.69) is 5.32 Å². The van der Waals surface area contributed by atoms with Crippen LogP contribution in [0.2, 0.25) is 0 Å². The molecule has 5 nitrogen and oxygen atoms in total. The second-order valence-corrected chi connectivity index (χ2v) is 8.85. The third kappa shape index (κ3) is 4.02. The second-order valence-electron chi connectivity index (χ2n) is 8.85. The topological polar surface area (TPSA) is 58.6 Å². The van der Waals surface area contributed by atoms with Gasteiger partial charge in [0.2, 0.25) is 0 Å². The van der Waals surface area contributed by atoms with E-state index in [4.69, 9.17) is 4.74 Å². The van der Waals surface area contributed by atoms with Crippen molar-refractivity contribution in [3.05, 3.63) is 88.2 Å². The molecule has 1 fully saturated rings. The van der Waals surface area contributed by atoms with Crippen molar-refractivity contribution in [1.82, 2.24) is 5.32 Å². The van der Waals surface area contributed by atoms with E-state index >= 15 is 0 Å². The minimum absolute atomic E-state index is 0.0112. The lowest BCUT2D eigenvalue weighted by Gasteiger charge is -2.26. The molecule has 0 aromatic heterocycles. The molecular weight excluding hydrogens is 490 g/mol. The molecule has 5 rings (SSSR count). The molecule has 3 atom stereocenters. The number of alkyl halides is 6. The van der Waals surface area contributed by atoms with Crippen LogP contribution < -0.4 is 10.2 Å². The van der Waals surface area contributed by atoms with Gasteiger partial charge >= 0.3 is 12.4 Å². The van der Waals surface area contributed by atoms with E-state index in [0.717, 1.165) is 17.4 Å². The fraction of sp³-hybridized carbons (Fsp3) is 0.280. The normalized spacial score (nSPS) is 24.6. The summed E-state index contributed by atoms with van der Waals surface area (Å²) in [5.41, 5.74) is -1.42. The number of rotatable bonds is 3. The zero-order valence-electron chi connectivity index (χ0n) is 18.6. The maximum Gasteiger partial charge on any atom is 0.416 e. The number of halogens is 6. The van der Waals surface area contributed by atoms with E-state index in [9.17, 15) is 35.9 Å². The maximum absolute atomic E-state index is 13.4. The monoisotopic (exact) mass is 508 g/mol. The SMILES string of the molecule is CC1=C[C@H](O/C=C2/C(=O)N[C@@H]3Cc4ccccc4[C@H]23)N(c2cc(C(F)(F)F)cc(C(F)(F)F)c2)C1=O. The van der Waals surface area contributed by atoms with E-state index in [1.54, 1.807) is 0 Å². The van der Waals surface area contributed by atoms with Crippen molar-refractivity contribution in [3.63, 3.8) is 0 Å². The maximum atomic E-state index is 13.4. The number of carbonyl (C=O) groups is 2. The van der Waals surface area contributed by atoms with Gasteiger partial charge in [-0.05, 0) is 48.7 Å². The quantitative estimate of drug-likeness (QED) is 0.358. The molecule has 0 bridgehead atoms. The molecule has 11 heteroatoms. The zero-order valence-corrected chi connectivity index (χ0v) is 18.6. The first-order valence-electron chi connectivity index (χ1n) is 10.9. The summed E-state index contributed by atoms with van der Waals surface area (Å²) in [7, 11) is 0. The second kappa shape index (κ2) is 8.14. The third-order valence-corrected chi connectivity index (χ3v) is 6.53. The fourth-order valence-electron chi connectivity index (χ4n) is 4.88. The van der Waals surface area contributed by atoms with Crippen molar-refractivity contribution in [3.8, 4) is 0 Å². The summed E-state index contributed by atoms with van der Waals surface area (Å²) < 4.78 is 85.9. The molecule has 0 spiro atoms. The van der Waals surface area contributed by atoms with Gasteiger partial charge in [0.05, 0.1) is 23.0 Å². The molecule has 2 aromatic carbocycles. The number of amides is 2. The number of carbonyl (C=O) groups excluding carboxylic acids is 2. The number of benzene rings is 2. The Labute approximate surface area is 201 Å². The van der Waals surface area contributed by atoms with Crippen LogP contribution in [0, 0.1) is 0 Å². The van der Waals surface area contributed by atoms with E-state index < -0.39 is 47.2 Å². The summed E-state index contributed by atoms with van der Waals surface area (Å²) in [5, 5.41) is 2.86. The smallest absolute Gasteiger partial charge is 0.416 e. The lowest BCUT2D eigenvalue weighted by Crippen LogP contribution is -2.36. The van der Waals surface area contributed by atoms with Crippen molar-refractivity contribution in [2.24, 2.45) is 0 Å². The standard InChI is InChI=1S/C25H18F6N2O3/c1-12-6-20(36-11-18-21-17-5-3-2-4-13(17)7-19(21)32-22(18)34)33(23(12)35)16-9-14(24(26,27)28)8-15(10-16)25(29,30)31/h2-6,8-11,19-21H,7H2,1H3,(H,32,34)/b18-11+/t19-,20+,21-/m1/s1. The Morgan fingerprint density at radius 3 is 2.28 bits per heavy atom.